The molecule has 0 amide bonds. The summed E-state index contributed by atoms with van der Waals surface area (Å²) in [6.07, 6.45) is 6.59. The molecule has 1 aliphatic heterocycles. The second-order valence-electron chi connectivity index (χ2n) is 7.08. The Labute approximate surface area is 174 Å². The predicted octanol–water partition coefficient (Wildman–Crippen LogP) is 6.17. The van der Waals surface area contributed by atoms with Crippen molar-refractivity contribution in [1.82, 2.24) is 10.3 Å². The highest BCUT2D eigenvalue weighted by molar-refractivity contribution is 9.10. The molecule has 1 atom stereocenters. The van der Waals surface area contributed by atoms with Gasteiger partial charge in [0, 0.05) is 21.1 Å². The SMILES string of the molecule is CC.Cc1cc(Br)c2c(c1)CCc1cc(Br)cnc1C2C1CCNCC1. The van der Waals surface area contributed by atoms with Gasteiger partial charge in [0.1, 0.15) is 0 Å². The largest absolute Gasteiger partial charge is 0.317 e. The number of hydrogen-bond donors (Lipinski definition) is 1. The highest BCUT2D eigenvalue weighted by Crippen LogP contribution is 2.45. The third-order valence-electron chi connectivity index (χ3n) is 5.45. The van der Waals surface area contributed by atoms with Crippen LogP contribution in [0.1, 0.15) is 60.6 Å². The van der Waals surface area contributed by atoms with Gasteiger partial charge in [0.15, 0.2) is 0 Å². The monoisotopic (exact) mass is 478 g/mol. The van der Waals surface area contributed by atoms with Crippen molar-refractivity contribution in [3.05, 3.63) is 61.3 Å². The number of nitrogens with zero attached hydrogens (tertiary/aromatic N) is 1. The summed E-state index contributed by atoms with van der Waals surface area (Å²) in [5.74, 6) is 1.07. The molecule has 1 fully saturated rings. The van der Waals surface area contributed by atoms with Crippen molar-refractivity contribution >= 4 is 31.9 Å². The third kappa shape index (κ3) is 4.07. The van der Waals surface area contributed by atoms with E-state index in [0.29, 0.717) is 11.8 Å². The molecule has 2 heterocycles. The average molecular weight is 480 g/mol. The molecule has 1 aromatic carbocycles. The summed E-state index contributed by atoms with van der Waals surface area (Å²) in [6.45, 7) is 8.43. The van der Waals surface area contributed by atoms with Crippen LogP contribution in [0.15, 0.2) is 33.3 Å². The standard InChI is InChI=1S/C20H22Br2N2.C2H6/c1-12-8-14-2-3-15-10-16(21)11-24-20(15)19(18(14)17(22)9-12)13-4-6-23-7-5-13;1-2/h8-11,13,19,23H,2-7H2,1H3;1-2H3. The Morgan fingerprint density at radius 2 is 1.69 bits per heavy atom. The lowest BCUT2D eigenvalue weighted by molar-refractivity contribution is 0.338. The maximum Gasteiger partial charge on any atom is 0.0514 e. The summed E-state index contributed by atoms with van der Waals surface area (Å²) in [7, 11) is 0. The molecule has 1 N–H and O–H groups in total. The summed E-state index contributed by atoms with van der Waals surface area (Å²) in [4.78, 5) is 4.91. The summed E-state index contributed by atoms with van der Waals surface area (Å²) in [5, 5.41) is 3.51. The maximum atomic E-state index is 4.91. The van der Waals surface area contributed by atoms with Gasteiger partial charge in [-0.2, -0.15) is 0 Å². The lowest BCUT2D eigenvalue weighted by Gasteiger charge is -2.32. The minimum absolute atomic E-state index is 0.405. The molecule has 0 radical (unpaired) electrons. The fourth-order valence-electron chi connectivity index (χ4n) is 4.40. The Kier molecular flexibility index (Phi) is 6.92. The van der Waals surface area contributed by atoms with Crippen molar-refractivity contribution in [2.45, 2.75) is 52.4 Å². The molecule has 4 heteroatoms. The van der Waals surface area contributed by atoms with Crippen molar-refractivity contribution in [2.24, 2.45) is 5.92 Å². The van der Waals surface area contributed by atoms with E-state index in [2.05, 4.69) is 62.3 Å². The van der Waals surface area contributed by atoms with Crippen LogP contribution in [0.5, 0.6) is 0 Å². The van der Waals surface area contributed by atoms with Crippen molar-refractivity contribution in [3.8, 4) is 0 Å². The van der Waals surface area contributed by atoms with E-state index < -0.39 is 0 Å². The van der Waals surface area contributed by atoms with E-state index in [1.807, 2.05) is 20.0 Å². The van der Waals surface area contributed by atoms with Gasteiger partial charge in [0.2, 0.25) is 0 Å². The fourth-order valence-corrected chi connectivity index (χ4v) is 5.64. The van der Waals surface area contributed by atoms with Gasteiger partial charge in [0.25, 0.3) is 0 Å². The summed E-state index contributed by atoms with van der Waals surface area (Å²) in [5.41, 5.74) is 7.03. The molecule has 1 aromatic heterocycles. The molecule has 0 saturated carbocycles. The number of pyridine rings is 1. The molecule has 1 saturated heterocycles. The predicted molar refractivity (Wildman–Crippen MR) is 117 cm³/mol. The zero-order chi connectivity index (χ0) is 18.7. The van der Waals surface area contributed by atoms with Gasteiger partial charge in [-0.15, -0.1) is 0 Å². The molecule has 2 aliphatic rings. The van der Waals surface area contributed by atoms with Crippen molar-refractivity contribution < 1.29 is 0 Å². The highest BCUT2D eigenvalue weighted by Gasteiger charge is 2.34. The first-order valence-electron chi connectivity index (χ1n) is 9.77. The number of aryl methyl sites for hydroxylation is 3. The first-order valence-corrected chi connectivity index (χ1v) is 11.4. The van der Waals surface area contributed by atoms with Crippen molar-refractivity contribution in [2.75, 3.05) is 13.1 Å². The lowest BCUT2D eigenvalue weighted by atomic mass is 9.76. The Hall–Kier alpha value is -0.710. The van der Waals surface area contributed by atoms with Crippen LogP contribution < -0.4 is 5.32 Å². The smallest absolute Gasteiger partial charge is 0.0514 e. The van der Waals surface area contributed by atoms with Crippen LogP contribution >= 0.6 is 31.9 Å². The number of rotatable bonds is 1. The highest BCUT2D eigenvalue weighted by atomic mass is 79.9. The first-order chi connectivity index (χ1) is 12.6. The molecule has 4 rings (SSSR count). The van der Waals surface area contributed by atoms with E-state index in [9.17, 15) is 0 Å². The molecule has 0 bridgehead atoms. The molecule has 0 spiro atoms. The van der Waals surface area contributed by atoms with E-state index in [1.165, 1.54) is 45.3 Å². The number of fused-ring (bicyclic) bond motifs is 2. The van der Waals surface area contributed by atoms with Crippen LogP contribution in [0, 0.1) is 12.8 Å². The first kappa shape index (κ1) is 20.0. The van der Waals surface area contributed by atoms with E-state index >= 15 is 0 Å². The van der Waals surface area contributed by atoms with Gasteiger partial charge in [-0.05, 0) is 102 Å². The van der Waals surface area contributed by atoms with Gasteiger partial charge in [0.05, 0.1) is 5.69 Å². The molecule has 26 heavy (non-hydrogen) atoms. The number of aromatic nitrogens is 1. The van der Waals surface area contributed by atoms with Crippen LogP contribution in [-0.2, 0) is 12.8 Å². The van der Waals surface area contributed by atoms with Gasteiger partial charge >= 0.3 is 0 Å². The fraction of sp³-hybridized carbons (Fsp3) is 0.500. The van der Waals surface area contributed by atoms with E-state index in [0.717, 1.165) is 30.4 Å². The Balaban J connectivity index is 0.000000948. The number of piperidine rings is 1. The molecule has 140 valence electrons. The molecular weight excluding hydrogens is 452 g/mol. The minimum atomic E-state index is 0.405. The number of nitrogens with one attached hydrogen (secondary N) is 1. The van der Waals surface area contributed by atoms with E-state index in [-0.39, 0.29) is 0 Å². The van der Waals surface area contributed by atoms with Crippen LogP contribution in [0.3, 0.4) is 0 Å². The summed E-state index contributed by atoms with van der Waals surface area (Å²) >= 11 is 7.50. The maximum absolute atomic E-state index is 4.91. The number of hydrogen-bond acceptors (Lipinski definition) is 2. The zero-order valence-electron chi connectivity index (χ0n) is 15.9. The normalized spacial score (nSPS) is 19.7. The molecule has 2 nitrogen and oxygen atoms in total. The van der Waals surface area contributed by atoms with Crippen LogP contribution in [0.25, 0.3) is 0 Å². The second-order valence-corrected chi connectivity index (χ2v) is 8.85. The van der Waals surface area contributed by atoms with Crippen LogP contribution in [0.2, 0.25) is 0 Å². The molecule has 1 aliphatic carbocycles. The van der Waals surface area contributed by atoms with Crippen LogP contribution in [-0.4, -0.2) is 18.1 Å². The van der Waals surface area contributed by atoms with Crippen molar-refractivity contribution in [3.63, 3.8) is 0 Å². The Morgan fingerprint density at radius 3 is 2.42 bits per heavy atom. The van der Waals surface area contributed by atoms with Gasteiger partial charge in [-0.25, -0.2) is 0 Å². The second kappa shape index (κ2) is 8.99. The van der Waals surface area contributed by atoms with E-state index in [1.54, 1.807) is 0 Å². The zero-order valence-corrected chi connectivity index (χ0v) is 19.1. The summed E-state index contributed by atoms with van der Waals surface area (Å²) in [6, 6.07) is 6.94. The Bertz CT molecular complexity index is 767. The number of benzene rings is 1. The van der Waals surface area contributed by atoms with Gasteiger partial charge in [-0.1, -0.05) is 35.8 Å². The van der Waals surface area contributed by atoms with Crippen molar-refractivity contribution in [1.29, 1.82) is 0 Å². The quantitative estimate of drug-likeness (QED) is 0.528. The topological polar surface area (TPSA) is 24.9 Å². The van der Waals surface area contributed by atoms with Crippen LogP contribution in [0.4, 0.5) is 0 Å². The molecule has 2 aromatic rings. The average Bonchev–Trinajstić information content (AvgIpc) is 2.81. The third-order valence-corrected chi connectivity index (χ3v) is 6.54. The summed E-state index contributed by atoms with van der Waals surface area (Å²) < 4.78 is 2.35. The van der Waals surface area contributed by atoms with Gasteiger partial charge < -0.3 is 5.32 Å². The molecule has 1 unspecified atom stereocenters. The molecular formula is C22H28Br2N2. The minimum Gasteiger partial charge on any atom is -0.317 e. The van der Waals surface area contributed by atoms with Gasteiger partial charge in [-0.3, -0.25) is 4.98 Å². The lowest BCUT2D eigenvalue weighted by Crippen LogP contribution is -2.32. The Morgan fingerprint density at radius 1 is 1.00 bits per heavy atom. The van der Waals surface area contributed by atoms with E-state index in [4.69, 9.17) is 4.98 Å². The number of halogens is 2.